The molecule has 0 radical (unpaired) electrons. The number of rotatable bonds is 9. The van der Waals surface area contributed by atoms with E-state index in [9.17, 15) is 9.90 Å². The molecule has 0 bridgehead atoms. The Hall–Kier alpha value is -3.94. The van der Waals surface area contributed by atoms with Crippen molar-refractivity contribution < 1.29 is 14.6 Å². The van der Waals surface area contributed by atoms with Crippen LogP contribution in [0.2, 0.25) is 0 Å². The first kappa shape index (κ1) is 21.3. The maximum atomic E-state index is 11.3. The number of hydrogen-bond donors (Lipinski definition) is 2. The predicted molar refractivity (Wildman–Crippen MR) is 122 cm³/mol. The highest BCUT2D eigenvalue weighted by molar-refractivity contribution is 5.82. The molecular weight excluding hydrogens is 406 g/mol. The number of nitrogens with one attached hydrogen (secondary N) is 1. The predicted octanol–water partition coefficient (Wildman–Crippen LogP) is 4.90. The molecule has 8 heteroatoms. The van der Waals surface area contributed by atoms with E-state index in [2.05, 4.69) is 20.3 Å². The fraction of sp³-hybridized carbons (Fsp3) is 0.250. The third-order valence-electron chi connectivity index (χ3n) is 5.33. The summed E-state index contributed by atoms with van der Waals surface area (Å²) in [4.78, 5) is 24.0. The molecule has 0 amide bonds. The molecule has 0 unspecified atom stereocenters. The van der Waals surface area contributed by atoms with Crippen molar-refractivity contribution in [3.63, 3.8) is 0 Å². The van der Waals surface area contributed by atoms with E-state index in [0.717, 1.165) is 34.3 Å². The summed E-state index contributed by atoms with van der Waals surface area (Å²) in [6.07, 6.45) is 9.75. The Labute approximate surface area is 185 Å². The van der Waals surface area contributed by atoms with Crippen molar-refractivity contribution in [1.82, 2.24) is 19.4 Å². The number of fused-ring (bicyclic) bond motifs is 1. The molecule has 32 heavy (non-hydrogen) atoms. The molecule has 8 nitrogen and oxygen atoms in total. The van der Waals surface area contributed by atoms with Crippen LogP contribution in [0, 0.1) is 0 Å². The Morgan fingerprint density at radius 2 is 1.97 bits per heavy atom. The largest absolute Gasteiger partial charge is 0.481 e. The van der Waals surface area contributed by atoms with Crippen LogP contribution < -0.4 is 10.1 Å². The summed E-state index contributed by atoms with van der Waals surface area (Å²) in [6, 6.07) is 10.4. The second-order valence-electron chi connectivity index (χ2n) is 7.46. The highest BCUT2D eigenvalue weighted by atomic mass is 16.5. The molecule has 0 saturated heterocycles. The van der Waals surface area contributed by atoms with Crippen LogP contribution in [-0.2, 0) is 4.79 Å². The standard InChI is InChI=1S/C24H25N5O3/c1-3-16(10-23(30)31)17-6-8-21(18-5-7-20-13-25-15-29(20)14-18)22(9-17)28-19-11-26-24(27-12-19)32-4-2/h5-9,11-16,28H,3-4,10H2,1-2H3,(H,30,31)/t16-/m1/s1. The lowest BCUT2D eigenvalue weighted by molar-refractivity contribution is -0.137. The van der Waals surface area contributed by atoms with Gasteiger partial charge in [-0.1, -0.05) is 25.1 Å². The molecule has 4 aromatic rings. The Morgan fingerprint density at radius 3 is 2.69 bits per heavy atom. The van der Waals surface area contributed by atoms with Crippen molar-refractivity contribution in [2.24, 2.45) is 0 Å². The number of hydrogen-bond acceptors (Lipinski definition) is 6. The summed E-state index contributed by atoms with van der Waals surface area (Å²) in [5.74, 6) is -0.879. The van der Waals surface area contributed by atoms with E-state index in [4.69, 9.17) is 4.74 Å². The van der Waals surface area contributed by atoms with Gasteiger partial charge in [-0.2, -0.15) is 0 Å². The van der Waals surface area contributed by atoms with Crippen LogP contribution in [0.25, 0.3) is 16.6 Å². The zero-order chi connectivity index (χ0) is 22.5. The van der Waals surface area contributed by atoms with E-state index < -0.39 is 5.97 Å². The maximum Gasteiger partial charge on any atom is 0.316 e. The highest BCUT2D eigenvalue weighted by Gasteiger charge is 2.17. The topological polar surface area (TPSA) is 102 Å². The number of pyridine rings is 1. The minimum absolute atomic E-state index is 0.0743. The first-order valence-electron chi connectivity index (χ1n) is 10.6. The van der Waals surface area contributed by atoms with Crippen LogP contribution in [-0.4, -0.2) is 37.0 Å². The molecule has 164 valence electrons. The lowest BCUT2D eigenvalue weighted by Gasteiger charge is -2.18. The van der Waals surface area contributed by atoms with Gasteiger partial charge in [0.25, 0.3) is 0 Å². The second-order valence-corrected chi connectivity index (χ2v) is 7.46. The zero-order valence-electron chi connectivity index (χ0n) is 18.0. The zero-order valence-corrected chi connectivity index (χ0v) is 18.0. The molecule has 0 spiro atoms. The third-order valence-corrected chi connectivity index (χ3v) is 5.33. The number of carboxylic acid groups (broad SMARTS) is 1. The van der Waals surface area contributed by atoms with Gasteiger partial charge in [-0.05, 0) is 37.0 Å². The lowest BCUT2D eigenvalue weighted by atomic mass is 9.91. The van der Waals surface area contributed by atoms with Gasteiger partial charge in [0, 0.05) is 23.0 Å². The van der Waals surface area contributed by atoms with Gasteiger partial charge < -0.3 is 19.6 Å². The number of nitrogens with zero attached hydrogens (tertiary/aromatic N) is 4. The van der Waals surface area contributed by atoms with Gasteiger partial charge in [0.15, 0.2) is 0 Å². The average molecular weight is 431 g/mol. The first-order valence-corrected chi connectivity index (χ1v) is 10.6. The van der Waals surface area contributed by atoms with E-state index in [1.165, 1.54) is 0 Å². The summed E-state index contributed by atoms with van der Waals surface area (Å²) in [5, 5.41) is 12.7. The van der Waals surface area contributed by atoms with E-state index >= 15 is 0 Å². The van der Waals surface area contributed by atoms with Gasteiger partial charge in [-0.3, -0.25) is 4.79 Å². The molecule has 0 aliphatic rings. The molecular formula is C24H25N5O3. The number of ether oxygens (including phenoxy) is 1. The van der Waals surface area contributed by atoms with Crippen LogP contribution in [0.4, 0.5) is 11.4 Å². The van der Waals surface area contributed by atoms with Crippen LogP contribution in [0.15, 0.2) is 61.4 Å². The molecule has 0 saturated carbocycles. The third kappa shape index (κ3) is 4.69. The molecule has 1 aromatic carbocycles. The molecule has 3 aromatic heterocycles. The quantitative estimate of drug-likeness (QED) is 0.388. The van der Waals surface area contributed by atoms with Crippen molar-refractivity contribution >= 4 is 22.9 Å². The minimum atomic E-state index is -0.805. The SMILES string of the molecule is CCOc1ncc(Nc2cc([C@H](CC)CC(=O)O)ccc2-c2ccc3cncn3c2)cn1. The van der Waals surface area contributed by atoms with Crippen molar-refractivity contribution in [2.75, 3.05) is 11.9 Å². The monoisotopic (exact) mass is 431 g/mol. The minimum Gasteiger partial charge on any atom is -0.481 e. The van der Waals surface area contributed by atoms with Crippen LogP contribution in [0.1, 0.15) is 38.2 Å². The van der Waals surface area contributed by atoms with Gasteiger partial charge in [-0.25, -0.2) is 15.0 Å². The Balaban J connectivity index is 1.74. The number of aromatic nitrogens is 4. The van der Waals surface area contributed by atoms with Gasteiger partial charge in [0.1, 0.15) is 0 Å². The molecule has 0 aliphatic heterocycles. The van der Waals surface area contributed by atoms with Crippen LogP contribution in [0.5, 0.6) is 6.01 Å². The van der Waals surface area contributed by atoms with Crippen molar-refractivity contribution in [3.8, 4) is 17.1 Å². The van der Waals surface area contributed by atoms with Gasteiger partial charge >= 0.3 is 12.0 Å². The number of carbonyl (C=O) groups is 1. The first-order chi connectivity index (χ1) is 15.6. The molecule has 3 heterocycles. The molecule has 1 atom stereocenters. The smallest absolute Gasteiger partial charge is 0.316 e. The number of anilines is 2. The Kier molecular flexibility index (Phi) is 6.30. The number of benzene rings is 1. The number of aliphatic carboxylic acids is 1. The molecule has 4 rings (SSSR count). The average Bonchev–Trinajstić information content (AvgIpc) is 3.27. The Morgan fingerprint density at radius 1 is 1.16 bits per heavy atom. The van der Waals surface area contributed by atoms with E-state index in [1.54, 1.807) is 24.9 Å². The van der Waals surface area contributed by atoms with E-state index in [1.807, 2.05) is 54.8 Å². The second kappa shape index (κ2) is 9.47. The van der Waals surface area contributed by atoms with Crippen molar-refractivity contribution in [3.05, 3.63) is 67.0 Å². The van der Waals surface area contributed by atoms with E-state index in [0.29, 0.717) is 18.3 Å². The molecule has 0 fully saturated rings. The van der Waals surface area contributed by atoms with Crippen LogP contribution >= 0.6 is 0 Å². The van der Waals surface area contributed by atoms with Crippen molar-refractivity contribution in [1.29, 1.82) is 0 Å². The summed E-state index contributed by atoms with van der Waals surface area (Å²) in [5.41, 5.74) is 5.51. The van der Waals surface area contributed by atoms with Crippen LogP contribution in [0.3, 0.4) is 0 Å². The normalized spacial score (nSPS) is 11.9. The summed E-state index contributed by atoms with van der Waals surface area (Å²) in [6.45, 7) is 4.38. The fourth-order valence-electron chi connectivity index (χ4n) is 3.70. The lowest BCUT2D eigenvalue weighted by Crippen LogP contribution is -2.06. The van der Waals surface area contributed by atoms with E-state index in [-0.39, 0.29) is 12.3 Å². The molecule has 0 aliphatic carbocycles. The van der Waals surface area contributed by atoms with Gasteiger partial charge in [0.2, 0.25) is 0 Å². The van der Waals surface area contributed by atoms with Gasteiger partial charge in [-0.15, -0.1) is 0 Å². The highest BCUT2D eigenvalue weighted by Crippen LogP contribution is 2.35. The van der Waals surface area contributed by atoms with Gasteiger partial charge in [0.05, 0.1) is 49.1 Å². The fourth-order valence-corrected chi connectivity index (χ4v) is 3.70. The molecule has 2 N–H and O–H groups in total. The summed E-state index contributed by atoms with van der Waals surface area (Å²) < 4.78 is 7.29. The Bertz CT molecular complexity index is 1220. The van der Waals surface area contributed by atoms with Crippen molar-refractivity contribution in [2.45, 2.75) is 32.6 Å². The maximum absolute atomic E-state index is 11.3. The number of carboxylic acids is 1. The summed E-state index contributed by atoms with van der Waals surface area (Å²) >= 11 is 0. The summed E-state index contributed by atoms with van der Waals surface area (Å²) in [7, 11) is 0. The number of imidazole rings is 1.